The zero-order valence-electron chi connectivity index (χ0n) is 18.1. The fraction of sp³-hybridized carbons (Fsp3) is 0.364. The maximum atomic E-state index is 14.1. The second-order valence-electron chi connectivity index (χ2n) is 7.88. The van der Waals surface area contributed by atoms with Crippen LogP contribution in [0.4, 0.5) is 20.5 Å². The molecule has 0 radical (unpaired) electrons. The van der Waals surface area contributed by atoms with Crippen molar-refractivity contribution >= 4 is 40.0 Å². The molecule has 2 aromatic heterocycles. The van der Waals surface area contributed by atoms with Gasteiger partial charge in [0, 0.05) is 31.6 Å². The zero-order chi connectivity index (χ0) is 23.8. The van der Waals surface area contributed by atoms with Crippen LogP contribution in [-0.4, -0.2) is 52.1 Å². The van der Waals surface area contributed by atoms with E-state index in [9.17, 15) is 13.6 Å². The van der Waals surface area contributed by atoms with Crippen LogP contribution in [-0.2, 0) is 10.7 Å². The Kier molecular flexibility index (Phi) is 6.31. The number of carbonyl (C=O) groups excluding carboxylic acids is 1. The Morgan fingerprint density at radius 2 is 2.03 bits per heavy atom. The normalized spacial score (nSPS) is 15.5. The van der Waals surface area contributed by atoms with E-state index >= 15 is 0 Å². The summed E-state index contributed by atoms with van der Waals surface area (Å²) >= 11 is 6.43. The predicted octanol–water partition coefficient (Wildman–Crippen LogP) is 4.02. The monoisotopic (exact) mass is 476 g/mol. The average molecular weight is 477 g/mol. The number of nitrogens with two attached hydrogens (primary N) is 1. The number of nitrogens with zero attached hydrogens (tertiary/aromatic N) is 4. The second kappa shape index (κ2) is 9.03. The molecule has 174 valence electrons. The first-order valence-electron chi connectivity index (χ1n) is 10.4. The van der Waals surface area contributed by atoms with Crippen LogP contribution in [0.1, 0.15) is 41.6 Å². The van der Waals surface area contributed by atoms with E-state index in [2.05, 4.69) is 20.3 Å². The number of rotatable bonds is 5. The van der Waals surface area contributed by atoms with E-state index in [-0.39, 0.29) is 23.4 Å². The summed E-state index contributed by atoms with van der Waals surface area (Å²) in [6.07, 6.45) is 0.998. The fourth-order valence-electron chi connectivity index (χ4n) is 3.69. The number of amides is 1. The minimum Gasteiger partial charge on any atom is -0.378 e. The van der Waals surface area contributed by atoms with Gasteiger partial charge in [0.2, 0.25) is 5.95 Å². The number of nitrogens with one attached hydrogen (secondary N) is 1. The topological polar surface area (TPSA) is 106 Å². The van der Waals surface area contributed by atoms with Gasteiger partial charge in [-0.05, 0) is 24.4 Å². The van der Waals surface area contributed by atoms with Crippen LogP contribution in [0.25, 0.3) is 10.8 Å². The number of nitrogen functional groups attached to an aromatic ring is 1. The lowest BCUT2D eigenvalue weighted by atomic mass is 10.0. The molecule has 8 nitrogen and oxygen atoms in total. The summed E-state index contributed by atoms with van der Waals surface area (Å²) in [5.41, 5.74) is 5.90. The molecule has 1 fully saturated rings. The van der Waals surface area contributed by atoms with E-state index in [0.29, 0.717) is 47.8 Å². The van der Waals surface area contributed by atoms with Crippen LogP contribution >= 0.6 is 11.6 Å². The second-order valence-corrected chi connectivity index (χ2v) is 8.29. The number of carbonyl (C=O) groups is 1. The fourth-order valence-corrected chi connectivity index (χ4v) is 3.96. The molecule has 4 rings (SSSR count). The van der Waals surface area contributed by atoms with Crippen molar-refractivity contribution in [2.75, 3.05) is 37.4 Å². The lowest BCUT2D eigenvalue weighted by Gasteiger charge is -2.27. The number of benzene rings is 1. The largest absolute Gasteiger partial charge is 0.378 e. The van der Waals surface area contributed by atoms with E-state index in [1.54, 1.807) is 30.0 Å². The SMILES string of the molecule is C[C@H](Nc1nc(N)ncc1C(C)(F)F)c1cc2cccc(Cl)c2c(C(=O)N2CCOCC2)n1. The zero-order valence-corrected chi connectivity index (χ0v) is 18.9. The van der Waals surface area contributed by atoms with Gasteiger partial charge >= 0.3 is 0 Å². The first kappa shape index (κ1) is 23.1. The number of aromatic nitrogens is 3. The lowest BCUT2D eigenvalue weighted by Crippen LogP contribution is -2.41. The first-order valence-corrected chi connectivity index (χ1v) is 10.8. The van der Waals surface area contributed by atoms with Crippen molar-refractivity contribution in [3.8, 4) is 0 Å². The molecule has 0 spiro atoms. The van der Waals surface area contributed by atoms with Gasteiger partial charge in [0.05, 0.1) is 35.5 Å². The van der Waals surface area contributed by atoms with Gasteiger partial charge in [-0.2, -0.15) is 4.98 Å². The molecule has 1 amide bonds. The van der Waals surface area contributed by atoms with Gasteiger partial charge in [0.15, 0.2) is 0 Å². The predicted molar refractivity (Wildman–Crippen MR) is 122 cm³/mol. The van der Waals surface area contributed by atoms with Crippen LogP contribution in [0, 0.1) is 0 Å². The van der Waals surface area contributed by atoms with Crippen molar-refractivity contribution in [3.05, 3.63) is 52.4 Å². The number of halogens is 3. The molecule has 1 aliphatic heterocycles. The van der Waals surface area contributed by atoms with E-state index in [1.807, 2.05) is 6.07 Å². The number of fused-ring (bicyclic) bond motifs is 1. The molecule has 0 aliphatic carbocycles. The molecular formula is C22H23ClF2N6O2. The Morgan fingerprint density at radius 1 is 1.30 bits per heavy atom. The maximum absolute atomic E-state index is 14.1. The van der Waals surface area contributed by atoms with Crippen molar-refractivity contribution in [1.29, 1.82) is 0 Å². The van der Waals surface area contributed by atoms with Gasteiger partial charge in [0.25, 0.3) is 11.8 Å². The van der Waals surface area contributed by atoms with Crippen LogP contribution < -0.4 is 11.1 Å². The molecule has 1 aromatic carbocycles. The molecule has 1 atom stereocenters. The van der Waals surface area contributed by atoms with Crippen molar-refractivity contribution < 1.29 is 18.3 Å². The molecule has 3 heterocycles. The van der Waals surface area contributed by atoms with Crippen LogP contribution in [0.2, 0.25) is 5.02 Å². The summed E-state index contributed by atoms with van der Waals surface area (Å²) < 4.78 is 33.5. The van der Waals surface area contributed by atoms with Crippen LogP contribution in [0.3, 0.4) is 0 Å². The van der Waals surface area contributed by atoms with Crippen molar-refractivity contribution in [2.24, 2.45) is 0 Å². The molecule has 1 aliphatic rings. The van der Waals surface area contributed by atoms with Gasteiger partial charge in [-0.15, -0.1) is 0 Å². The number of alkyl halides is 2. The summed E-state index contributed by atoms with van der Waals surface area (Å²) in [5, 5.41) is 4.60. The summed E-state index contributed by atoms with van der Waals surface area (Å²) in [7, 11) is 0. The molecule has 0 saturated carbocycles. The number of hydrogen-bond donors (Lipinski definition) is 2. The third kappa shape index (κ3) is 4.81. The van der Waals surface area contributed by atoms with Crippen LogP contribution in [0.5, 0.6) is 0 Å². The number of morpholine rings is 1. The minimum absolute atomic E-state index is 0.100. The van der Waals surface area contributed by atoms with Gasteiger partial charge < -0.3 is 20.7 Å². The summed E-state index contributed by atoms with van der Waals surface area (Å²) in [6.45, 7) is 4.26. The maximum Gasteiger partial charge on any atom is 0.275 e. The van der Waals surface area contributed by atoms with E-state index < -0.39 is 17.5 Å². The number of anilines is 2. The Bertz CT molecular complexity index is 1200. The molecular weight excluding hydrogens is 454 g/mol. The number of hydrogen-bond acceptors (Lipinski definition) is 7. The Morgan fingerprint density at radius 3 is 2.73 bits per heavy atom. The molecule has 3 N–H and O–H groups in total. The molecule has 33 heavy (non-hydrogen) atoms. The lowest BCUT2D eigenvalue weighted by molar-refractivity contribution is 0.0175. The third-order valence-corrected chi connectivity index (χ3v) is 5.72. The smallest absolute Gasteiger partial charge is 0.275 e. The van der Waals surface area contributed by atoms with Crippen molar-refractivity contribution in [3.63, 3.8) is 0 Å². The van der Waals surface area contributed by atoms with E-state index in [1.165, 1.54) is 0 Å². The number of ether oxygens (including phenoxy) is 1. The summed E-state index contributed by atoms with van der Waals surface area (Å²) in [6, 6.07) is 6.48. The molecule has 3 aromatic rings. The van der Waals surface area contributed by atoms with Crippen molar-refractivity contribution in [2.45, 2.75) is 25.8 Å². The highest BCUT2D eigenvalue weighted by Crippen LogP contribution is 2.34. The Balaban J connectivity index is 1.76. The van der Waals surface area contributed by atoms with E-state index in [4.69, 9.17) is 22.1 Å². The van der Waals surface area contributed by atoms with Gasteiger partial charge in [-0.25, -0.2) is 18.7 Å². The highest BCUT2D eigenvalue weighted by Gasteiger charge is 2.31. The molecule has 0 bridgehead atoms. The summed E-state index contributed by atoms with van der Waals surface area (Å²) in [4.78, 5) is 27.2. The summed E-state index contributed by atoms with van der Waals surface area (Å²) in [5.74, 6) is -3.69. The van der Waals surface area contributed by atoms with Gasteiger partial charge in [0.1, 0.15) is 11.5 Å². The third-order valence-electron chi connectivity index (χ3n) is 5.41. The average Bonchev–Trinajstić information content (AvgIpc) is 2.78. The highest BCUT2D eigenvalue weighted by molar-refractivity contribution is 6.36. The standard InChI is InChI=1S/C22H23ClF2N6O2/c1-12(28-19-14(22(2,24)25)11-27-21(26)30-19)16-10-13-4-3-5-15(23)17(13)18(29-16)20(32)31-6-8-33-9-7-31/h3-5,10-12H,6-9H2,1-2H3,(H3,26,27,28,30)/t12-/m0/s1. The van der Waals surface area contributed by atoms with Gasteiger partial charge in [-0.1, -0.05) is 23.7 Å². The van der Waals surface area contributed by atoms with Crippen molar-refractivity contribution in [1.82, 2.24) is 19.9 Å². The quantitative estimate of drug-likeness (QED) is 0.572. The van der Waals surface area contributed by atoms with E-state index in [0.717, 1.165) is 13.1 Å². The minimum atomic E-state index is -3.18. The molecule has 11 heteroatoms. The molecule has 0 unspecified atom stereocenters. The van der Waals surface area contributed by atoms with Gasteiger partial charge in [-0.3, -0.25) is 4.79 Å². The van der Waals surface area contributed by atoms with Crippen LogP contribution in [0.15, 0.2) is 30.5 Å². The highest BCUT2D eigenvalue weighted by atomic mass is 35.5. The number of pyridine rings is 1. The Hall–Kier alpha value is -3.11. The first-order chi connectivity index (χ1) is 15.6. The Labute approximate surface area is 194 Å². The molecule has 1 saturated heterocycles.